The van der Waals surface area contributed by atoms with E-state index in [0.717, 1.165) is 37.6 Å². The van der Waals surface area contributed by atoms with E-state index in [-0.39, 0.29) is 0 Å². The lowest BCUT2D eigenvalue weighted by Crippen LogP contribution is -2.40. The molecule has 0 radical (unpaired) electrons. The lowest BCUT2D eigenvalue weighted by atomic mass is 10.0. The van der Waals surface area contributed by atoms with E-state index in [2.05, 4.69) is 33.4 Å². The molecule has 7 nitrogen and oxygen atoms in total. The van der Waals surface area contributed by atoms with Gasteiger partial charge < -0.3 is 15.0 Å². The number of aryl methyl sites for hydroxylation is 1. The van der Waals surface area contributed by atoms with E-state index in [4.69, 9.17) is 9.73 Å². The van der Waals surface area contributed by atoms with E-state index >= 15 is 0 Å². The second-order valence-electron chi connectivity index (χ2n) is 6.22. The summed E-state index contributed by atoms with van der Waals surface area (Å²) < 4.78 is 7.18. The summed E-state index contributed by atoms with van der Waals surface area (Å²) in [5.74, 6) is 2.09. The van der Waals surface area contributed by atoms with Gasteiger partial charge in [-0.15, -0.1) is 0 Å². The van der Waals surface area contributed by atoms with Gasteiger partial charge in [-0.3, -0.25) is 4.68 Å². The Bertz CT molecular complexity index is 726. The number of aromatic nitrogens is 3. The molecular weight excluding hydrogens is 316 g/mol. The molecule has 2 aromatic rings. The highest BCUT2D eigenvalue weighted by atomic mass is 16.5. The molecule has 7 heteroatoms. The van der Waals surface area contributed by atoms with Crippen LogP contribution in [0.1, 0.15) is 30.4 Å². The zero-order valence-corrected chi connectivity index (χ0v) is 15.1. The van der Waals surface area contributed by atoms with Crippen molar-refractivity contribution in [3.63, 3.8) is 0 Å². The highest BCUT2D eigenvalue weighted by Gasteiger charge is 2.26. The van der Waals surface area contributed by atoms with Gasteiger partial charge in [0, 0.05) is 50.6 Å². The van der Waals surface area contributed by atoms with E-state index in [1.807, 2.05) is 30.1 Å². The van der Waals surface area contributed by atoms with Gasteiger partial charge in [-0.1, -0.05) is 6.07 Å². The van der Waals surface area contributed by atoms with Crippen LogP contribution in [0.25, 0.3) is 0 Å². The second-order valence-corrected chi connectivity index (χ2v) is 6.22. The largest absolute Gasteiger partial charge is 0.481 e. The summed E-state index contributed by atoms with van der Waals surface area (Å²) in [5.41, 5.74) is 2.29. The van der Waals surface area contributed by atoms with Crippen molar-refractivity contribution in [1.82, 2.24) is 25.0 Å². The summed E-state index contributed by atoms with van der Waals surface area (Å²) in [6.45, 7) is 5.44. The van der Waals surface area contributed by atoms with Crippen molar-refractivity contribution in [2.24, 2.45) is 12.0 Å². The number of pyridine rings is 1. The van der Waals surface area contributed by atoms with Crippen LogP contribution in [0.4, 0.5) is 0 Å². The maximum Gasteiger partial charge on any atom is 0.218 e. The molecule has 3 heterocycles. The maximum atomic E-state index is 5.32. The molecule has 3 rings (SSSR count). The Kier molecular flexibility index (Phi) is 5.53. The van der Waals surface area contributed by atoms with Gasteiger partial charge in [-0.05, 0) is 25.0 Å². The van der Waals surface area contributed by atoms with Crippen molar-refractivity contribution in [3.8, 4) is 5.88 Å². The summed E-state index contributed by atoms with van der Waals surface area (Å²) in [6.07, 6.45) is 6.93. The van der Waals surface area contributed by atoms with Crippen molar-refractivity contribution in [2.75, 3.05) is 26.7 Å². The Morgan fingerprint density at radius 2 is 2.36 bits per heavy atom. The van der Waals surface area contributed by atoms with E-state index in [1.54, 1.807) is 13.3 Å². The fourth-order valence-electron chi connectivity index (χ4n) is 3.19. The van der Waals surface area contributed by atoms with Crippen molar-refractivity contribution >= 4 is 5.96 Å². The molecule has 1 aliphatic heterocycles. The standard InChI is InChI=1S/C18H26N6O/c1-4-19-18(21-10-14-6-5-8-20-17(14)25-3)24-9-7-15(13-24)16-11-22-23(2)12-16/h5-6,8,11-12,15H,4,7,9-10,13H2,1-3H3,(H,19,21). The van der Waals surface area contributed by atoms with E-state index in [9.17, 15) is 0 Å². The van der Waals surface area contributed by atoms with Gasteiger partial charge >= 0.3 is 0 Å². The molecule has 1 atom stereocenters. The first-order valence-electron chi connectivity index (χ1n) is 8.71. The molecule has 0 saturated carbocycles. The number of guanidine groups is 1. The molecule has 0 amide bonds. The number of hydrogen-bond acceptors (Lipinski definition) is 4. The van der Waals surface area contributed by atoms with Crippen LogP contribution in [-0.4, -0.2) is 52.4 Å². The topological polar surface area (TPSA) is 67.6 Å². The normalized spacial score (nSPS) is 17.8. The lowest BCUT2D eigenvalue weighted by molar-refractivity contribution is 0.392. The zero-order chi connectivity index (χ0) is 17.6. The molecular formula is C18H26N6O. The van der Waals surface area contributed by atoms with Gasteiger partial charge in [0.1, 0.15) is 0 Å². The number of rotatable bonds is 5. The lowest BCUT2D eigenvalue weighted by Gasteiger charge is -2.21. The van der Waals surface area contributed by atoms with Crippen molar-refractivity contribution < 1.29 is 4.74 Å². The molecule has 25 heavy (non-hydrogen) atoms. The molecule has 0 spiro atoms. The minimum atomic E-state index is 0.505. The molecule has 0 aromatic carbocycles. The number of aliphatic imine (C=N–C) groups is 1. The average molecular weight is 342 g/mol. The van der Waals surface area contributed by atoms with Crippen molar-refractivity contribution in [1.29, 1.82) is 0 Å². The molecule has 1 fully saturated rings. The molecule has 1 N–H and O–H groups in total. The second kappa shape index (κ2) is 8.00. The monoisotopic (exact) mass is 342 g/mol. The van der Waals surface area contributed by atoms with Crippen LogP contribution in [0, 0.1) is 0 Å². The molecule has 0 bridgehead atoms. The number of ether oxygens (including phenoxy) is 1. The molecule has 1 aliphatic rings. The number of nitrogens with one attached hydrogen (secondary N) is 1. The van der Waals surface area contributed by atoms with Crippen LogP contribution in [0.5, 0.6) is 5.88 Å². The third-order valence-electron chi connectivity index (χ3n) is 4.46. The minimum absolute atomic E-state index is 0.505. The fourth-order valence-corrected chi connectivity index (χ4v) is 3.19. The van der Waals surface area contributed by atoms with Crippen LogP contribution in [-0.2, 0) is 13.6 Å². The fraction of sp³-hybridized carbons (Fsp3) is 0.500. The summed E-state index contributed by atoms with van der Waals surface area (Å²) >= 11 is 0. The third-order valence-corrected chi connectivity index (χ3v) is 4.46. The summed E-state index contributed by atoms with van der Waals surface area (Å²) in [4.78, 5) is 11.4. The van der Waals surface area contributed by atoms with Crippen LogP contribution < -0.4 is 10.1 Å². The van der Waals surface area contributed by atoms with Crippen LogP contribution in [0.2, 0.25) is 0 Å². The Morgan fingerprint density at radius 1 is 1.48 bits per heavy atom. The van der Waals surface area contributed by atoms with Crippen molar-refractivity contribution in [3.05, 3.63) is 41.9 Å². The van der Waals surface area contributed by atoms with E-state index in [0.29, 0.717) is 18.3 Å². The van der Waals surface area contributed by atoms with Gasteiger partial charge in [0.2, 0.25) is 5.88 Å². The number of hydrogen-bond donors (Lipinski definition) is 1. The van der Waals surface area contributed by atoms with Gasteiger partial charge in [0.05, 0.1) is 19.9 Å². The number of methoxy groups -OCH3 is 1. The third kappa shape index (κ3) is 4.10. The Morgan fingerprint density at radius 3 is 3.08 bits per heavy atom. The number of nitrogens with zero attached hydrogens (tertiary/aromatic N) is 5. The average Bonchev–Trinajstić information content (AvgIpc) is 3.28. The predicted octanol–water partition coefficient (Wildman–Crippen LogP) is 1.78. The molecule has 1 saturated heterocycles. The van der Waals surface area contributed by atoms with Crippen LogP contribution in [0.3, 0.4) is 0 Å². The summed E-state index contributed by atoms with van der Waals surface area (Å²) in [5, 5.41) is 7.70. The molecule has 2 aromatic heterocycles. The first-order chi connectivity index (χ1) is 12.2. The smallest absolute Gasteiger partial charge is 0.218 e. The van der Waals surface area contributed by atoms with E-state index < -0.39 is 0 Å². The summed E-state index contributed by atoms with van der Waals surface area (Å²) in [6, 6.07) is 3.91. The van der Waals surface area contributed by atoms with Crippen LogP contribution in [0.15, 0.2) is 35.7 Å². The highest BCUT2D eigenvalue weighted by molar-refractivity contribution is 5.80. The van der Waals surface area contributed by atoms with E-state index in [1.165, 1.54) is 5.56 Å². The first-order valence-corrected chi connectivity index (χ1v) is 8.71. The Hall–Kier alpha value is -2.57. The molecule has 1 unspecified atom stereocenters. The van der Waals surface area contributed by atoms with Gasteiger partial charge in [0.25, 0.3) is 0 Å². The highest BCUT2D eigenvalue weighted by Crippen LogP contribution is 2.26. The summed E-state index contributed by atoms with van der Waals surface area (Å²) in [7, 11) is 3.60. The predicted molar refractivity (Wildman–Crippen MR) is 97.7 cm³/mol. The Balaban J connectivity index is 1.70. The van der Waals surface area contributed by atoms with Crippen LogP contribution >= 0.6 is 0 Å². The SMILES string of the molecule is CCNC(=NCc1cccnc1OC)N1CCC(c2cnn(C)c2)C1. The van der Waals surface area contributed by atoms with Gasteiger partial charge in [-0.25, -0.2) is 9.98 Å². The first kappa shape index (κ1) is 17.3. The molecule has 0 aliphatic carbocycles. The Labute approximate surface area is 148 Å². The number of likely N-dealkylation sites (tertiary alicyclic amines) is 1. The minimum Gasteiger partial charge on any atom is -0.481 e. The molecule has 134 valence electrons. The quantitative estimate of drug-likeness (QED) is 0.663. The van der Waals surface area contributed by atoms with Crippen molar-refractivity contribution in [2.45, 2.75) is 25.8 Å². The van der Waals surface area contributed by atoms with Gasteiger partial charge in [0.15, 0.2) is 5.96 Å². The zero-order valence-electron chi connectivity index (χ0n) is 15.1. The van der Waals surface area contributed by atoms with Gasteiger partial charge in [-0.2, -0.15) is 5.10 Å². The maximum absolute atomic E-state index is 5.32.